The molecule has 10 heavy (non-hydrogen) atoms. The van der Waals surface area contributed by atoms with Gasteiger partial charge >= 0.3 is 0 Å². The lowest BCUT2D eigenvalue weighted by atomic mass is 9.78. The predicted molar refractivity (Wildman–Crippen MR) is 38.3 cm³/mol. The van der Waals surface area contributed by atoms with Crippen molar-refractivity contribution in [2.75, 3.05) is 13.2 Å². The molecule has 0 aromatic heterocycles. The van der Waals surface area contributed by atoms with Gasteiger partial charge in [-0.3, -0.25) is 0 Å². The van der Waals surface area contributed by atoms with E-state index in [2.05, 4.69) is 19.9 Å². The summed E-state index contributed by atoms with van der Waals surface area (Å²) in [6.45, 7) is 5.54. The standard InChI is InChI=1S/C8H13NO/c1-7(2)8(5-9)3-4-10-6-8/h7H,3-4,6H2,1-2H3/t8-/m1/s1. The lowest BCUT2D eigenvalue weighted by Gasteiger charge is -2.22. The van der Waals surface area contributed by atoms with Crippen LogP contribution in [0.25, 0.3) is 0 Å². The average Bonchev–Trinajstić information content (AvgIpc) is 2.35. The molecule has 1 aliphatic rings. The second-order valence-electron chi connectivity index (χ2n) is 3.23. The van der Waals surface area contributed by atoms with Crippen LogP contribution >= 0.6 is 0 Å². The lowest BCUT2D eigenvalue weighted by molar-refractivity contribution is 0.153. The Bertz CT molecular complexity index is 151. The first-order valence-electron chi connectivity index (χ1n) is 3.70. The summed E-state index contributed by atoms with van der Waals surface area (Å²) in [6, 6.07) is 2.35. The number of rotatable bonds is 1. The fourth-order valence-corrected chi connectivity index (χ4v) is 1.25. The van der Waals surface area contributed by atoms with Gasteiger partial charge in [0.05, 0.1) is 18.1 Å². The molecule has 0 amide bonds. The van der Waals surface area contributed by atoms with E-state index in [1.807, 2.05) is 0 Å². The van der Waals surface area contributed by atoms with Crippen molar-refractivity contribution < 1.29 is 4.74 Å². The molecule has 0 aromatic carbocycles. The fourth-order valence-electron chi connectivity index (χ4n) is 1.25. The maximum absolute atomic E-state index is 8.86. The quantitative estimate of drug-likeness (QED) is 0.552. The van der Waals surface area contributed by atoms with Crippen molar-refractivity contribution in [1.82, 2.24) is 0 Å². The molecule has 1 fully saturated rings. The van der Waals surface area contributed by atoms with Gasteiger partial charge in [0.15, 0.2) is 0 Å². The summed E-state index contributed by atoms with van der Waals surface area (Å²) in [7, 11) is 0. The van der Waals surface area contributed by atoms with E-state index in [4.69, 9.17) is 10.00 Å². The van der Waals surface area contributed by atoms with Crippen molar-refractivity contribution in [3.63, 3.8) is 0 Å². The highest BCUT2D eigenvalue weighted by atomic mass is 16.5. The molecule has 0 saturated carbocycles. The molecular formula is C8H13NO. The van der Waals surface area contributed by atoms with Crippen molar-refractivity contribution in [2.24, 2.45) is 11.3 Å². The number of hydrogen-bond donors (Lipinski definition) is 0. The molecule has 1 rings (SSSR count). The van der Waals surface area contributed by atoms with Crippen molar-refractivity contribution in [3.05, 3.63) is 0 Å². The molecule has 0 radical (unpaired) electrons. The Morgan fingerprint density at radius 2 is 2.30 bits per heavy atom. The first-order valence-corrected chi connectivity index (χ1v) is 3.70. The van der Waals surface area contributed by atoms with Crippen LogP contribution < -0.4 is 0 Å². The highest BCUT2D eigenvalue weighted by molar-refractivity contribution is 5.03. The van der Waals surface area contributed by atoms with Gasteiger partial charge in [0, 0.05) is 6.61 Å². The maximum Gasteiger partial charge on any atom is 0.0851 e. The maximum atomic E-state index is 8.86. The molecule has 0 spiro atoms. The van der Waals surface area contributed by atoms with Crippen molar-refractivity contribution in [2.45, 2.75) is 20.3 Å². The first-order chi connectivity index (χ1) is 4.71. The van der Waals surface area contributed by atoms with E-state index >= 15 is 0 Å². The van der Waals surface area contributed by atoms with Crippen molar-refractivity contribution >= 4 is 0 Å². The zero-order valence-electron chi connectivity index (χ0n) is 6.55. The first kappa shape index (κ1) is 7.56. The largest absolute Gasteiger partial charge is 0.380 e. The van der Waals surface area contributed by atoms with E-state index in [9.17, 15) is 0 Å². The van der Waals surface area contributed by atoms with Gasteiger partial charge in [-0.2, -0.15) is 5.26 Å². The summed E-state index contributed by atoms with van der Waals surface area (Å²) in [5.41, 5.74) is -0.181. The summed E-state index contributed by atoms with van der Waals surface area (Å²) < 4.78 is 5.19. The predicted octanol–water partition coefficient (Wildman–Crippen LogP) is 1.57. The molecule has 2 nitrogen and oxygen atoms in total. The Balaban J connectivity index is 2.70. The number of nitrogens with zero attached hydrogens (tertiary/aromatic N) is 1. The van der Waals surface area contributed by atoms with E-state index < -0.39 is 0 Å². The zero-order valence-corrected chi connectivity index (χ0v) is 6.55. The van der Waals surface area contributed by atoms with Crippen LogP contribution in [0.1, 0.15) is 20.3 Å². The fraction of sp³-hybridized carbons (Fsp3) is 0.875. The monoisotopic (exact) mass is 139 g/mol. The third-order valence-corrected chi connectivity index (χ3v) is 2.38. The molecule has 1 aliphatic heterocycles. The number of hydrogen-bond acceptors (Lipinski definition) is 2. The summed E-state index contributed by atoms with van der Waals surface area (Å²) in [4.78, 5) is 0. The molecule has 0 aromatic rings. The van der Waals surface area contributed by atoms with Crippen LogP contribution in [-0.4, -0.2) is 13.2 Å². The topological polar surface area (TPSA) is 33.0 Å². The Kier molecular flexibility index (Phi) is 1.96. The van der Waals surface area contributed by atoms with Crippen LogP contribution in [0.4, 0.5) is 0 Å². The molecule has 1 heterocycles. The Morgan fingerprint density at radius 1 is 1.60 bits per heavy atom. The van der Waals surface area contributed by atoms with Crippen LogP contribution in [0, 0.1) is 22.7 Å². The van der Waals surface area contributed by atoms with Crippen LogP contribution in [-0.2, 0) is 4.74 Å². The molecular weight excluding hydrogens is 126 g/mol. The minimum atomic E-state index is -0.181. The van der Waals surface area contributed by atoms with Gasteiger partial charge in [-0.05, 0) is 12.3 Å². The van der Waals surface area contributed by atoms with Gasteiger partial charge in [0.2, 0.25) is 0 Å². The van der Waals surface area contributed by atoms with Gasteiger partial charge in [0.25, 0.3) is 0 Å². The van der Waals surface area contributed by atoms with Gasteiger partial charge in [-0.25, -0.2) is 0 Å². The number of ether oxygens (including phenoxy) is 1. The van der Waals surface area contributed by atoms with Gasteiger partial charge in [-0.15, -0.1) is 0 Å². The Morgan fingerprint density at radius 3 is 2.50 bits per heavy atom. The SMILES string of the molecule is CC(C)[C@@]1(C#N)CCOC1. The molecule has 0 aliphatic carbocycles. The van der Waals surface area contributed by atoms with Crippen molar-refractivity contribution in [3.8, 4) is 6.07 Å². The van der Waals surface area contributed by atoms with Gasteiger partial charge in [-0.1, -0.05) is 13.8 Å². The van der Waals surface area contributed by atoms with E-state index in [-0.39, 0.29) is 5.41 Å². The highest BCUT2D eigenvalue weighted by Crippen LogP contribution is 2.35. The van der Waals surface area contributed by atoms with E-state index in [0.29, 0.717) is 12.5 Å². The third kappa shape index (κ3) is 1.02. The van der Waals surface area contributed by atoms with Gasteiger partial charge in [0.1, 0.15) is 0 Å². The normalized spacial score (nSPS) is 32.6. The Labute approximate surface area is 61.8 Å². The number of nitriles is 1. The minimum Gasteiger partial charge on any atom is -0.380 e. The molecule has 2 heteroatoms. The minimum absolute atomic E-state index is 0.181. The van der Waals surface area contributed by atoms with Crippen LogP contribution in [0.15, 0.2) is 0 Å². The highest BCUT2D eigenvalue weighted by Gasteiger charge is 2.37. The third-order valence-electron chi connectivity index (χ3n) is 2.38. The average molecular weight is 139 g/mol. The van der Waals surface area contributed by atoms with Crippen LogP contribution in [0.3, 0.4) is 0 Å². The summed E-state index contributed by atoms with van der Waals surface area (Å²) in [5, 5.41) is 8.86. The van der Waals surface area contributed by atoms with E-state index in [1.54, 1.807) is 0 Å². The molecule has 0 N–H and O–H groups in total. The molecule has 0 bridgehead atoms. The summed E-state index contributed by atoms with van der Waals surface area (Å²) in [5.74, 6) is 0.417. The molecule has 1 saturated heterocycles. The molecule has 1 atom stereocenters. The second-order valence-corrected chi connectivity index (χ2v) is 3.23. The lowest BCUT2D eigenvalue weighted by Crippen LogP contribution is -2.25. The van der Waals surface area contributed by atoms with E-state index in [1.165, 1.54) is 0 Å². The van der Waals surface area contributed by atoms with Crippen LogP contribution in [0.5, 0.6) is 0 Å². The molecule has 0 unspecified atom stereocenters. The summed E-state index contributed by atoms with van der Waals surface area (Å²) in [6.07, 6.45) is 0.904. The van der Waals surface area contributed by atoms with Crippen molar-refractivity contribution in [1.29, 1.82) is 5.26 Å². The summed E-state index contributed by atoms with van der Waals surface area (Å²) >= 11 is 0. The second kappa shape index (κ2) is 2.59. The van der Waals surface area contributed by atoms with E-state index in [0.717, 1.165) is 13.0 Å². The molecule has 56 valence electrons. The van der Waals surface area contributed by atoms with Gasteiger partial charge < -0.3 is 4.74 Å². The zero-order chi connectivity index (χ0) is 7.61. The smallest absolute Gasteiger partial charge is 0.0851 e. The van der Waals surface area contributed by atoms with Crippen LogP contribution in [0.2, 0.25) is 0 Å². The Hall–Kier alpha value is -0.550.